The molecular weight excluding hydrogens is 374 g/mol. The minimum absolute atomic E-state index is 0.149. The molecule has 0 radical (unpaired) electrons. The Morgan fingerprint density at radius 3 is 2.25 bits per heavy atom. The predicted octanol–water partition coefficient (Wildman–Crippen LogP) is 4.72. The summed E-state index contributed by atoms with van der Waals surface area (Å²) in [5.74, 6) is -4.98. The van der Waals surface area contributed by atoms with E-state index in [2.05, 4.69) is 10.3 Å². The SMILES string of the molecule is CC1(C)OCC(N)=N[C@](C)(c2cc(Nc3ccc(F)cc3)ccc2F)C1(F)F. The summed E-state index contributed by atoms with van der Waals surface area (Å²) < 4.78 is 63.8. The average Bonchev–Trinajstić information content (AvgIpc) is 2.68. The molecule has 150 valence electrons. The lowest BCUT2D eigenvalue weighted by Gasteiger charge is -2.42. The standard InChI is InChI=1S/C20H21F4N3O/c1-18(2)20(23,24)19(3,27-17(25)11-28-18)15-10-14(8-9-16(15)22)26-13-6-4-12(21)5-7-13/h4-10,26H,11H2,1-3H3,(H2,25,27)/t19-/m1/s1. The second-order valence-electron chi connectivity index (χ2n) is 7.38. The van der Waals surface area contributed by atoms with Crippen LogP contribution in [-0.2, 0) is 10.3 Å². The van der Waals surface area contributed by atoms with Crippen LogP contribution in [0.1, 0.15) is 26.3 Å². The molecule has 3 N–H and O–H groups in total. The van der Waals surface area contributed by atoms with Gasteiger partial charge in [-0.05, 0) is 63.2 Å². The van der Waals surface area contributed by atoms with E-state index in [1.165, 1.54) is 50.2 Å². The highest BCUT2D eigenvalue weighted by atomic mass is 19.3. The van der Waals surface area contributed by atoms with Gasteiger partial charge in [-0.2, -0.15) is 0 Å². The first kappa shape index (κ1) is 20.1. The summed E-state index contributed by atoms with van der Waals surface area (Å²) in [5, 5.41) is 2.94. The minimum atomic E-state index is -3.57. The molecule has 0 aliphatic carbocycles. The lowest BCUT2D eigenvalue weighted by molar-refractivity contribution is -0.214. The molecule has 1 heterocycles. The van der Waals surface area contributed by atoms with E-state index in [-0.39, 0.29) is 18.0 Å². The third-order valence-electron chi connectivity index (χ3n) is 4.94. The van der Waals surface area contributed by atoms with E-state index in [1.807, 2.05) is 0 Å². The highest BCUT2D eigenvalue weighted by molar-refractivity contribution is 5.82. The van der Waals surface area contributed by atoms with Crippen molar-refractivity contribution in [1.29, 1.82) is 0 Å². The fourth-order valence-electron chi connectivity index (χ4n) is 3.23. The molecular formula is C20H21F4N3O. The molecule has 8 heteroatoms. The molecule has 3 rings (SSSR count). The van der Waals surface area contributed by atoms with Gasteiger partial charge >= 0.3 is 5.92 Å². The molecule has 0 aromatic heterocycles. The van der Waals surface area contributed by atoms with Crippen LogP contribution in [0.5, 0.6) is 0 Å². The van der Waals surface area contributed by atoms with Gasteiger partial charge in [-0.3, -0.25) is 4.99 Å². The number of benzene rings is 2. The normalized spacial score (nSPS) is 23.6. The van der Waals surface area contributed by atoms with E-state index in [9.17, 15) is 8.78 Å². The number of nitrogens with one attached hydrogen (secondary N) is 1. The first-order chi connectivity index (χ1) is 13.0. The van der Waals surface area contributed by atoms with E-state index in [0.29, 0.717) is 11.4 Å². The van der Waals surface area contributed by atoms with Gasteiger partial charge in [0, 0.05) is 16.9 Å². The fourth-order valence-corrected chi connectivity index (χ4v) is 3.23. The second-order valence-corrected chi connectivity index (χ2v) is 7.38. The van der Waals surface area contributed by atoms with Crippen LogP contribution >= 0.6 is 0 Å². The molecule has 2 aromatic rings. The number of hydrogen-bond acceptors (Lipinski definition) is 4. The molecule has 0 saturated carbocycles. The zero-order valence-electron chi connectivity index (χ0n) is 15.7. The number of aliphatic imine (C=N–C) groups is 1. The highest BCUT2D eigenvalue weighted by Crippen LogP contribution is 2.50. The topological polar surface area (TPSA) is 59.6 Å². The summed E-state index contributed by atoms with van der Waals surface area (Å²) in [4.78, 5) is 3.95. The Bertz CT molecular complexity index is 912. The van der Waals surface area contributed by atoms with E-state index in [1.54, 1.807) is 0 Å². The largest absolute Gasteiger partial charge is 0.385 e. The average molecular weight is 395 g/mol. The van der Waals surface area contributed by atoms with Crippen molar-refractivity contribution in [2.24, 2.45) is 10.7 Å². The summed E-state index contributed by atoms with van der Waals surface area (Å²) in [7, 11) is 0. The van der Waals surface area contributed by atoms with E-state index in [4.69, 9.17) is 10.5 Å². The number of anilines is 2. The number of alkyl halides is 2. The van der Waals surface area contributed by atoms with Gasteiger partial charge in [0.2, 0.25) is 0 Å². The molecule has 0 saturated heterocycles. The number of ether oxygens (including phenoxy) is 1. The van der Waals surface area contributed by atoms with E-state index >= 15 is 8.78 Å². The monoisotopic (exact) mass is 395 g/mol. The first-order valence-electron chi connectivity index (χ1n) is 8.65. The van der Waals surface area contributed by atoms with Crippen LogP contribution in [0, 0.1) is 11.6 Å². The number of nitrogens with two attached hydrogens (primary N) is 1. The molecule has 0 spiro atoms. The third kappa shape index (κ3) is 3.32. The maximum Gasteiger partial charge on any atom is 0.304 e. The molecule has 0 fully saturated rings. The zero-order chi connectivity index (χ0) is 20.7. The minimum Gasteiger partial charge on any atom is -0.385 e. The Labute approximate surface area is 160 Å². The maximum atomic E-state index is 15.4. The van der Waals surface area contributed by atoms with E-state index in [0.717, 1.165) is 13.0 Å². The number of nitrogens with zero attached hydrogens (tertiary/aromatic N) is 1. The van der Waals surface area contributed by atoms with Crippen molar-refractivity contribution in [1.82, 2.24) is 0 Å². The maximum absolute atomic E-state index is 15.4. The lowest BCUT2D eigenvalue weighted by atomic mass is 9.78. The van der Waals surface area contributed by atoms with Gasteiger partial charge in [0.1, 0.15) is 29.7 Å². The van der Waals surface area contributed by atoms with Crippen molar-refractivity contribution >= 4 is 17.2 Å². The molecule has 1 aliphatic rings. The Morgan fingerprint density at radius 2 is 1.61 bits per heavy atom. The van der Waals surface area contributed by atoms with Crippen LogP contribution in [-0.4, -0.2) is 24.0 Å². The van der Waals surface area contributed by atoms with Crippen molar-refractivity contribution in [2.45, 2.75) is 37.8 Å². The van der Waals surface area contributed by atoms with Crippen LogP contribution in [0.2, 0.25) is 0 Å². The molecule has 28 heavy (non-hydrogen) atoms. The molecule has 0 bridgehead atoms. The Morgan fingerprint density at radius 1 is 1.00 bits per heavy atom. The van der Waals surface area contributed by atoms with Gasteiger partial charge in [-0.15, -0.1) is 0 Å². The predicted molar refractivity (Wildman–Crippen MR) is 100 cm³/mol. The Balaban J connectivity index is 2.10. The smallest absolute Gasteiger partial charge is 0.304 e. The summed E-state index contributed by atoms with van der Waals surface area (Å²) in [6.07, 6.45) is 0. The van der Waals surface area contributed by atoms with Crippen LogP contribution < -0.4 is 11.1 Å². The number of halogens is 4. The third-order valence-corrected chi connectivity index (χ3v) is 4.94. The molecule has 4 nitrogen and oxygen atoms in total. The fraction of sp³-hybridized carbons (Fsp3) is 0.350. The van der Waals surface area contributed by atoms with Gasteiger partial charge in [0.05, 0.1) is 0 Å². The summed E-state index contributed by atoms with van der Waals surface area (Å²) >= 11 is 0. The molecule has 0 unspecified atom stereocenters. The van der Waals surface area contributed by atoms with Crippen LogP contribution in [0.4, 0.5) is 28.9 Å². The summed E-state index contributed by atoms with van der Waals surface area (Å²) in [6.45, 7) is 3.29. The van der Waals surface area contributed by atoms with Crippen LogP contribution in [0.15, 0.2) is 47.5 Å². The Kier molecular flexibility index (Phi) is 4.87. The van der Waals surface area contributed by atoms with Crippen LogP contribution in [0.25, 0.3) is 0 Å². The number of rotatable bonds is 3. The molecule has 2 aromatic carbocycles. The van der Waals surface area contributed by atoms with Crippen molar-refractivity contribution in [2.75, 3.05) is 11.9 Å². The van der Waals surface area contributed by atoms with Crippen LogP contribution in [0.3, 0.4) is 0 Å². The van der Waals surface area contributed by atoms with E-state index < -0.39 is 28.7 Å². The highest BCUT2D eigenvalue weighted by Gasteiger charge is 2.63. The Hall–Kier alpha value is -2.61. The second kappa shape index (κ2) is 6.77. The summed E-state index contributed by atoms with van der Waals surface area (Å²) in [6, 6.07) is 9.19. The van der Waals surface area contributed by atoms with Gasteiger partial charge in [0.25, 0.3) is 0 Å². The van der Waals surface area contributed by atoms with Crippen molar-refractivity contribution in [3.8, 4) is 0 Å². The van der Waals surface area contributed by atoms with Gasteiger partial charge in [0.15, 0.2) is 5.54 Å². The quantitative estimate of drug-likeness (QED) is 0.739. The number of amidine groups is 1. The van der Waals surface area contributed by atoms with Gasteiger partial charge in [-0.1, -0.05) is 0 Å². The first-order valence-corrected chi connectivity index (χ1v) is 8.65. The molecule has 1 aliphatic heterocycles. The van der Waals surface area contributed by atoms with Gasteiger partial charge < -0.3 is 15.8 Å². The van der Waals surface area contributed by atoms with Crippen molar-refractivity contribution < 1.29 is 22.3 Å². The number of hydrogen-bond donors (Lipinski definition) is 2. The van der Waals surface area contributed by atoms with Crippen molar-refractivity contribution in [3.05, 3.63) is 59.7 Å². The van der Waals surface area contributed by atoms with Crippen molar-refractivity contribution in [3.63, 3.8) is 0 Å². The lowest BCUT2D eigenvalue weighted by Crippen LogP contribution is -2.56. The summed E-state index contributed by atoms with van der Waals surface area (Å²) in [5.41, 5.74) is 2.05. The zero-order valence-corrected chi connectivity index (χ0v) is 15.7. The molecule has 1 atom stereocenters. The van der Waals surface area contributed by atoms with Gasteiger partial charge in [-0.25, -0.2) is 17.6 Å². The molecule has 0 amide bonds.